The monoisotopic (exact) mass is 264 g/mol. The third-order valence-electron chi connectivity index (χ3n) is 2.79. The Hall–Kier alpha value is -1.42. The first-order chi connectivity index (χ1) is 9.26. The zero-order valence-corrected chi connectivity index (χ0v) is 11.9. The molecule has 0 fully saturated rings. The van der Waals surface area contributed by atoms with Crippen LogP contribution in [0, 0.1) is 0 Å². The molecular weight excluding hydrogens is 240 g/mol. The maximum absolute atomic E-state index is 9.80. The standard InChI is InChI=1S/C15H24N2O2/c1-3-5-6-7-8-14(18)10-9-13-11-16-15(17-12-13)19-4-2/h9-12,14,18H,3-8H2,1-2H3/b10-9+. The molecular formula is C15H24N2O2. The van der Waals surface area contributed by atoms with Crippen molar-refractivity contribution in [3.05, 3.63) is 24.0 Å². The van der Waals surface area contributed by atoms with E-state index in [1.807, 2.05) is 13.0 Å². The molecule has 1 atom stereocenters. The van der Waals surface area contributed by atoms with Crippen LogP contribution in [0.25, 0.3) is 6.08 Å². The highest BCUT2D eigenvalue weighted by molar-refractivity contribution is 5.47. The fourth-order valence-electron chi connectivity index (χ4n) is 1.71. The van der Waals surface area contributed by atoms with Crippen molar-refractivity contribution >= 4 is 6.08 Å². The summed E-state index contributed by atoms with van der Waals surface area (Å²) < 4.78 is 5.17. The van der Waals surface area contributed by atoms with Crippen LogP contribution < -0.4 is 4.74 Å². The van der Waals surface area contributed by atoms with Crippen LogP contribution in [0.1, 0.15) is 51.5 Å². The van der Waals surface area contributed by atoms with Gasteiger partial charge in [-0.1, -0.05) is 44.8 Å². The molecule has 0 aliphatic heterocycles. The number of nitrogens with zero attached hydrogens (tertiary/aromatic N) is 2. The van der Waals surface area contributed by atoms with Gasteiger partial charge < -0.3 is 9.84 Å². The Morgan fingerprint density at radius 1 is 1.21 bits per heavy atom. The SMILES string of the molecule is CCCCCCC(O)/C=C/c1cnc(OCC)nc1. The quantitative estimate of drug-likeness (QED) is 0.696. The van der Waals surface area contributed by atoms with Crippen molar-refractivity contribution in [2.75, 3.05) is 6.61 Å². The van der Waals surface area contributed by atoms with Crippen LogP contribution in [0.4, 0.5) is 0 Å². The van der Waals surface area contributed by atoms with Crippen molar-refractivity contribution in [2.24, 2.45) is 0 Å². The second kappa shape index (κ2) is 9.50. The van der Waals surface area contributed by atoms with Gasteiger partial charge >= 0.3 is 6.01 Å². The van der Waals surface area contributed by atoms with Gasteiger partial charge in [-0.2, -0.15) is 0 Å². The molecule has 0 aliphatic rings. The lowest BCUT2D eigenvalue weighted by Crippen LogP contribution is -2.01. The van der Waals surface area contributed by atoms with E-state index < -0.39 is 0 Å². The molecule has 4 nitrogen and oxygen atoms in total. The molecule has 0 saturated heterocycles. The van der Waals surface area contributed by atoms with Crippen molar-refractivity contribution < 1.29 is 9.84 Å². The molecule has 1 aromatic heterocycles. The average molecular weight is 264 g/mol. The fourth-order valence-corrected chi connectivity index (χ4v) is 1.71. The molecule has 106 valence electrons. The van der Waals surface area contributed by atoms with Gasteiger partial charge in [-0.05, 0) is 13.3 Å². The smallest absolute Gasteiger partial charge is 0.316 e. The molecule has 0 saturated carbocycles. The molecule has 0 spiro atoms. The molecule has 1 unspecified atom stereocenters. The second-order valence-corrected chi connectivity index (χ2v) is 4.51. The van der Waals surface area contributed by atoms with E-state index in [9.17, 15) is 5.11 Å². The Labute approximate surface area is 115 Å². The molecule has 19 heavy (non-hydrogen) atoms. The van der Waals surface area contributed by atoms with Gasteiger partial charge in [-0.3, -0.25) is 0 Å². The number of hydrogen-bond acceptors (Lipinski definition) is 4. The molecule has 1 rings (SSSR count). The summed E-state index contributed by atoms with van der Waals surface area (Å²) in [4.78, 5) is 8.13. The minimum Gasteiger partial charge on any atom is -0.464 e. The zero-order chi connectivity index (χ0) is 13.9. The number of aromatic nitrogens is 2. The molecule has 0 aromatic carbocycles. The summed E-state index contributed by atoms with van der Waals surface area (Å²) in [7, 11) is 0. The third kappa shape index (κ3) is 6.91. The zero-order valence-electron chi connectivity index (χ0n) is 11.9. The van der Waals surface area contributed by atoms with Crippen LogP contribution >= 0.6 is 0 Å². The van der Waals surface area contributed by atoms with E-state index in [1.165, 1.54) is 19.3 Å². The number of rotatable bonds is 9. The summed E-state index contributed by atoms with van der Waals surface area (Å²) in [5.41, 5.74) is 0.871. The van der Waals surface area contributed by atoms with E-state index in [2.05, 4.69) is 16.9 Å². The van der Waals surface area contributed by atoms with Gasteiger partial charge in [-0.15, -0.1) is 0 Å². The van der Waals surface area contributed by atoms with Crippen LogP contribution in [0.2, 0.25) is 0 Å². The van der Waals surface area contributed by atoms with Crippen LogP contribution in [0.3, 0.4) is 0 Å². The Morgan fingerprint density at radius 3 is 2.58 bits per heavy atom. The molecule has 1 N–H and O–H groups in total. The summed E-state index contributed by atoms with van der Waals surface area (Å²) >= 11 is 0. The second-order valence-electron chi connectivity index (χ2n) is 4.51. The molecule has 4 heteroatoms. The predicted molar refractivity (Wildman–Crippen MR) is 77.0 cm³/mol. The highest BCUT2D eigenvalue weighted by atomic mass is 16.5. The van der Waals surface area contributed by atoms with Crippen molar-refractivity contribution in [3.63, 3.8) is 0 Å². The van der Waals surface area contributed by atoms with Gasteiger partial charge in [0.1, 0.15) is 0 Å². The van der Waals surface area contributed by atoms with Crippen LogP contribution in [0.5, 0.6) is 6.01 Å². The first-order valence-corrected chi connectivity index (χ1v) is 7.07. The number of aliphatic hydroxyl groups is 1. The van der Waals surface area contributed by atoms with Gasteiger partial charge in [0.2, 0.25) is 0 Å². The van der Waals surface area contributed by atoms with Crippen LogP contribution in [-0.2, 0) is 0 Å². The van der Waals surface area contributed by atoms with Crippen molar-refractivity contribution in [2.45, 2.75) is 52.1 Å². The summed E-state index contributed by atoms with van der Waals surface area (Å²) in [6.45, 7) is 4.64. The van der Waals surface area contributed by atoms with E-state index in [4.69, 9.17) is 4.74 Å². The minimum atomic E-state index is -0.386. The van der Waals surface area contributed by atoms with Gasteiger partial charge in [0.15, 0.2) is 0 Å². The molecule has 0 aliphatic carbocycles. The van der Waals surface area contributed by atoms with Crippen molar-refractivity contribution in [3.8, 4) is 6.01 Å². The Balaban J connectivity index is 2.34. The number of aliphatic hydroxyl groups excluding tert-OH is 1. The minimum absolute atomic E-state index is 0.386. The first kappa shape index (κ1) is 15.6. The lowest BCUT2D eigenvalue weighted by Gasteiger charge is -2.04. The van der Waals surface area contributed by atoms with Gasteiger partial charge in [0.05, 0.1) is 12.7 Å². The highest BCUT2D eigenvalue weighted by Gasteiger charge is 1.99. The average Bonchev–Trinajstić information content (AvgIpc) is 2.43. The van der Waals surface area contributed by atoms with Gasteiger partial charge in [0.25, 0.3) is 0 Å². The van der Waals surface area contributed by atoms with Crippen molar-refractivity contribution in [1.29, 1.82) is 0 Å². The number of hydrogen-bond donors (Lipinski definition) is 1. The summed E-state index contributed by atoms with van der Waals surface area (Å²) in [6, 6.07) is 0.389. The molecule has 1 heterocycles. The van der Waals surface area contributed by atoms with E-state index >= 15 is 0 Å². The number of ether oxygens (including phenoxy) is 1. The summed E-state index contributed by atoms with van der Waals surface area (Å²) in [6.07, 6.45) is 12.2. The topological polar surface area (TPSA) is 55.2 Å². The Kier molecular flexibility index (Phi) is 7.82. The van der Waals surface area contributed by atoms with E-state index in [0.717, 1.165) is 18.4 Å². The van der Waals surface area contributed by atoms with E-state index in [1.54, 1.807) is 18.5 Å². The van der Waals surface area contributed by atoms with Crippen LogP contribution in [-0.4, -0.2) is 27.8 Å². The summed E-state index contributed by atoms with van der Waals surface area (Å²) in [5.74, 6) is 0. The predicted octanol–water partition coefficient (Wildman–Crippen LogP) is 3.22. The molecule has 1 aromatic rings. The maximum Gasteiger partial charge on any atom is 0.316 e. The van der Waals surface area contributed by atoms with Crippen molar-refractivity contribution in [1.82, 2.24) is 9.97 Å². The fraction of sp³-hybridized carbons (Fsp3) is 0.600. The highest BCUT2D eigenvalue weighted by Crippen LogP contribution is 2.09. The molecule has 0 amide bonds. The van der Waals surface area contributed by atoms with Gasteiger partial charge in [-0.25, -0.2) is 9.97 Å². The lowest BCUT2D eigenvalue weighted by atomic mass is 10.1. The van der Waals surface area contributed by atoms with E-state index in [0.29, 0.717) is 12.6 Å². The molecule has 0 bridgehead atoms. The Bertz CT molecular complexity index is 363. The normalized spacial score (nSPS) is 12.8. The first-order valence-electron chi connectivity index (χ1n) is 7.07. The lowest BCUT2D eigenvalue weighted by molar-refractivity contribution is 0.209. The van der Waals surface area contributed by atoms with E-state index in [-0.39, 0.29) is 6.10 Å². The van der Waals surface area contributed by atoms with Gasteiger partial charge in [0, 0.05) is 18.0 Å². The Morgan fingerprint density at radius 2 is 1.95 bits per heavy atom. The third-order valence-corrected chi connectivity index (χ3v) is 2.79. The number of unbranched alkanes of at least 4 members (excludes halogenated alkanes) is 3. The van der Waals surface area contributed by atoms with Crippen LogP contribution in [0.15, 0.2) is 18.5 Å². The molecule has 0 radical (unpaired) electrons. The summed E-state index contributed by atoms with van der Waals surface area (Å²) in [5, 5.41) is 9.80. The largest absolute Gasteiger partial charge is 0.464 e. The maximum atomic E-state index is 9.80.